The van der Waals surface area contributed by atoms with Crippen LogP contribution in [0.15, 0.2) is 65.7 Å². The molecule has 2 aromatic rings. The van der Waals surface area contributed by atoms with E-state index in [2.05, 4.69) is 10.3 Å². The molecule has 1 aliphatic rings. The number of amidine groups is 1. The lowest BCUT2D eigenvalue weighted by atomic mass is 10.2. The predicted molar refractivity (Wildman–Crippen MR) is 96.5 cm³/mol. The Labute approximate surface area is 150 Å². The van der Waals surface area contributed by atoms with E-state index in [0.717, 1.165) is 0 Å². The highest BCUT2D eigenvalue weighted by Crippen LogP contribution is 2.24. The first-order chi connectivity index (χ1) is 12.7. The summed E-state index contributed by atoms with van der Waals surface area (Å²) in [5.74, 6) is -0.162. The maximum atomic E-state index is 15.3. The Bertz CT molecular complexity index is 773. The topological polar surface area (TPSA) is 66.4 Å². The molecule has 0 aliphatic carbocycles. The largest absolute Gasteiger partial charge is 0.344 e. The van der Waals surface area contributed by atoms with Crippen molar-refractivity contribution in [2.45, 2.75) is 12.3 Å². The number of carbonyl (C=O) groups is 1. The lowest BCUT2D eigenvalue weighted by Gasteiger charge is -2.37. The molecule has 0 saturated heterocycles. The number of aliphatic imine (C=N–C) groups is 1. The van der Waals surface area contributed by atoms with Gasteiger partial charge in [-0.3, -0.25) is 9.68 Å². The summed E-state index contributed by atoms with van der Waals surface area (Å²) in [6.45, 7) is 0. The highest BCUT2D eigenvalue weighted by Gasteiger charge is 2.40. The molecule has 2 unspecified atom stereocenters. The third-order valence-corrected chi connectivity index (χ3v) is 3.85. The van der Waals surface area contributed by atoms with Gasteiger partial charge in [-0.1, -0.05) is 36.4 Å². The van der Waals surface area contributed by atoms with E-state index in [9.17, 15) is 4.79 Å². The molecule has 2 atom stereocenters. The van der Waals surface area contributed by atoms with Crippen LogP contribution in [0.5, 0.6) is 0 Å². The van der Waals surface area contributed by atoms with Gasteiger partial charge in [0.05, 0.1) is 25.6 Å². The SMILES string of the molecule is CON(C1=NC(=O)NC(N(OC)c2ccccc2)C1F)c1ccccc1. The Kier molecular flexibility index (Phi) is 5.45. The number of halogens is 1. The van der Waals surface area contributed by atoms with Crippen molar-refractivity contribution >= 4 is 23.2 Å². The fourth-order valence-corrected chi connectivity index (χ4v) is 2.72. The van der Waals surface area contributed by atoms with Crippen molar-refractivity contribution in [1.82, 2.24) is 5.32 Å². The molecular formula is C18H19FN4O3. The number of carbonyl (C=O) groups excluding carboxylic acids is 1. The summed E-state index contributed by atoms with van der Waals surface area (Å²) in [6.07, 6.45) is -2.81. The number of anilines is 2. The highest BCUT2D eigenvalue weighted by molar-refractivity contribution is 6.07. The number of benzene rings is 2. The first-order valence-corrected chi connectivity index (χ1v) is 7.96. The summed E-state index contributed by atoms with van der Waals surface area (Å²) in [4.78, 5) is 26.5. The molecule has 8 heteroatoms. The average molecular weight is 358 g/mol. The summed E-state index contributed by atoms with van der Waals surface area (Å²) in [7, 11) is 2.79. The lowest BCUT2D eigenvalue weighted by molar-refractivity contribution is 0.101. The summed E-state index contributed by atoms with van der Waals surface area (Å²) >= 11 is 0. The van der Waals surface area contributed by atoms with Crippen molar-refractivity contribution in [3.8, 4) is 0 Å². The standard InChI is InChI=1S/C18H19FN4O3/c1-25-22(13-9-5-3-6-10-13)16-15(19)17(21-18(24)20-16)23(26-2)14-11-7-4-8-12-14/h3-12,15-16H,1-2H3,(H,20,24). The molecule has 0 spiro atoms. The molecule has 0 radical (unpaired) electrons. The third kappa shape index (κ3) is 3.51. The van der Waals surface area contributed by atoms with Crippen molar-refractivity contribution < 1.29 is 18.9 Å². The minimum absolute atomic E-state index is 0.162. The van der Waals surface area contributed by atoms with Gasteiger partial charge >= 0.3 is 6.03 Å². The molecule has 0 fully saturated rings. The second kappa shape index (κ2) is 7.94. The van der Waals surface area contributed by atoms with Gasteiger partial charge in [0.25, 0.3) is 0 Å². The monoisotopic (exact) mass is 358 g/mol. The van der Waals surface area contributed by atoms with Crippen molar-refractivity contribution in [3.63, 3.8) is 0 Å². The summed E-state index contributed by atoms with van der Waals surface area (Å²) in [6, 6.07) is 17.1. The lowest BCUT2D eigenvalue weighted by Crippen LogP contribution is -2.61. The first-order valence-electron chi connectivity index (χ1n) is 7.96. The van der Waals surface area contributed by atoms with Crippen molar-refractivity contribution in [3.05, 3.63) is 60.7 Å². The van der Waals surface area contributed by atoms with E-state index in [1.807, 2.05) is 12.1 Å². The van der Waals surface area contributed by atoms with Gasteiger partial charge in [0.2, 0.25) is 6.17 Å². The third-order valence-electron chi connectivity index (χ3n) is 3.85. The Morgan fingerprint density at radius 1 is 0.962 bits per heavy atom. The zero-order chi connectivity index (χ0) is 18.5. The van der Waals surface area contributed by atoms with Crippen LogP contribution in [-0.2, 0) is 9.68 Å². The normalized spacial score (nSPS) is 19.5. The summed E-state index contributed by atoms with van der Waals surface area (Å²) in [5, 5.41) is 4.97. The van der Waals surface area contributed by atoms with Crippen LogP contribution >= 0.6 is 0 Å². The van der Waals surface area contributed by atoms with Gasteiger partial charge < -0.3 is 5.32 Å². The molecule has 0 aromatic heterocycles. The number of alkyl halides is 1. The minimum Gasteiger partial charge on any atom is -0.311 e. The zero-order valence-corrected chi connectivity index (χ0v) is 14.4. The average Bonchev–Trinajstić information content (AvgIpc) is 2.68. The second-order valence-corrected chi connectivity index (χ2v) is 5.42. The van der Waals surface area contributed by atoms with Crippen LogP contribution in [0.3, 0.4) is 0 Å². The molecule has 0 saturated carbocycles. The Morgan fingerprint density at radius 2 is 1.54 bits per heavy atom. The van der Waals surface area contributed by atoms with Crippen LogP contribution in [0, 0.1) is 0 Å². The number of nitrogens with one attached hydrogen (secondary N) is 1. The summed E-state index contributed by atoms with van der Waals surface area (Å²) < 4.78 is 15.3. The number of rotatable bonds is 5. The van der Waals surface area contributed by atoms with Gasteiger partial charge in [-0.05, 0) is 24.3 Å². The predicted octanol–water partition coefficient (Wildman–Crippen LogP) is 2.91. The van der Waals surface area contributed by atoms with E-state index in [4.69, 9.17) is 9.68 Å². The quantitative estimate of drug-likeness (QED) is 0.833. The van der Waals surface area contributed by atoms with E-state index >= 15 is 4.39 Å². The molecule has 7 nitrogen and oxygen atoms in total. The molecule has 2 amide bonds. The van der Waals surface area contributed by atoms with Crippen molar-refractivity contribution in [1.29, 1.82) is 0 Å². The Morgan fingerprint density at radius 3 is 2.08 bits per heavy atom. The van der Waals surface area contributed by atoms with Crippen LogP contribution in [0.25, 0.3) is 0 Å². The zero-order valence-electron chi connectivity index (χ0n) is 14.4. The van der Waals surface area contributed by atoms with E-state index in [-0.39, 0.29) is 5.84 Å². The number of hydrogen-bond donors (Lipinski definition) is 1. The second-order valence-electron chi connectivity index (χ2n) is 5.42. The fraction of sp³-hybridized carbons (Fsp3) is 0.222. The van der Waals surface area contributed by atoms with Crippen LogP contribution < -0.4 is 15.4 Å². The maximum absolute atomic E-state index is 15.3. The molecule has 136 valence electrons. The number of para-hydroxylation sites is 2. The minimum atomic E-state index is -1.70. The van der Waals surface area contributed by atoms with Crippen LogP contribution in [0.4, 0.5) is 20.6 Å². The van der Waals surface area contributed by atoms with Gasteiger partial charge in [-0.15, -0.1) is 0 Å². The Hall–Kier alpha value is -2.97. The molecular weight excluding hydrogens is 339 g/mol. The molecule has 0 bridgehead atoms. The van der Waals surface area contributed by atoms with Crippen LogP contribution in [-0.4, -0.2) is 38.4 Å². The molecule has 1 aliphatic heterocycles. The number of nitrogens with zero attached hydrogens (tertiary/aromatic N) is 3. The molecule has 1 N–H and O–H groups in total. The van der Waals surface area contributed by atoms with E-state index < -0.39 is 18.4 Å². The number of urea groups is 1. The van der Waals surface area contributed by atoms with Gasteiger partial charge in [0.15, 0.2) is 12.0 Å². The van der Waals surface area contributed by atoms with E-state index in [1.54, 1.807) is 48.5 Å². The number of hydrogen-bond acceptors (Lipinski definition) is 5. The van der Waals surface area contributed by atoms with Crippen molar-refractivity contribution in [2.75, 3.05) is 24.3 Å². The summed E-state index contributed by atoms with van der Waals surface area (Å²) in [5.41, 5.74) is 1.14. The first kappa shape index (κ1) is 17.8. The molecule has 26 heavy (non-hydrogen) atoms. The van der Waals surface area contributed by atoms with Crippen LogP contribution in [0.1, 0.15) is 0 Å². The van der Waals surface area contributed by atoms with Gasteiger partial charge in [-0.25, -0.2) is 19.3 Å². The number of hydroxylamine groups is 2. The van der Waals surface area contributed by atoms with Gasteiger partial charge in [-0.2, -0.15) is 4.99 Å². The van der Waals surface area contributed by atoms with Crippen LogP contribution in [0.2, 0.25) is 0 Å². The fourth-order valence-electron chi connectivity index (χ4n) is 2.72. The Balaban J connectivity index is 1.94. The van der Waals surface area contributed by atoms with E-state index in [0.29, 0.717) is 11.4 Å². The maximum Gasteiger partial charge on any atom is 0.344 e. The van der Waals surface area contributed by atoms with Gasteiger partial charge in [0.1, 0.15) is 0 Å². The van der Waals surface area contributed by atoms with Gasteiger partial charge in [0, 0.05) is 0 Å². The molecule has 1 heterocycles. The molecule has 2 aromatic carbocycles. The highest BCUT2D eigenvalue weighted by atomic mass is 19.1. The van der Waals surface area contributed by atoms with E-state index in [1.165, 1.54) is 24.3 Å². The van der Waals surface area contributed by atoms with Crippen molar-refractivity contribution in [2.24, 2.45) is 4.99 Å². The molecule has 3 rings (SSSR count). The number of amides is 2. The smallest absolute Gasteiger partial charge is 0.311 e.